The van der Waals surface area contributed by atoms with Crippen LogP contribution in [0.15, 0.2) is 37.4 Å². The molecule has 0 aliphatic heterocycles. The van der Waals surface area contributed by atoms with E-state index in [0.29, 0.717) is 0 Å². The van der Waals surface area contributed by atoms with Crippen molar-refractivity contribution in [3.63, 3.8) is 0 Å². The van der Waals surface area contributed by atoms with Gasteiger partial charge in [0.1, 0.15) is 24.8 Å². The summed E-state index contributed by atoms with van der Waals surface area (Å²) < 4.78 is 8.31. The Bertz CT molecular complexity index is 625. The number of carbonyl (C=O) groups excluding carboxylic acids is 2. The Balaban J connectivity index is 0.000000363. The van der Waals surface area contributed by atoms with Gasteiger partial charge in [-0.25, -0.2) is 18.3 Å². The van der Waals surface area contributed by atoms with Crippen molar-refractivity contribution in [2.45, 2.75) is 45.8 Å². The number of hydrogen-bond donors (Lipinski definition) is 1. The molecule has 0 aliphatic carbocycles. The molecule has 0 bridgehead atoms. The zero-order chi connectivity index (χ0) is 20.1. The zero-order valence-electron chi connectivity index (χ0n) is 15.9. The molecule has 1 unspecified atom stereocenters. The molecule has 26 heavy (non-hydrogen) atoms. The van der Waals surface area contributed by atoms with Crippen molar-refractivity contribution in [3.8, 4) is 0 Å². The molecule has 9 heteroatoms. The van der Waals surface area contributed by atoms with E-state index in [9.17, 15) is 19.8 Å². The van der Waals surface area contributed by atoms with Crippen LogP contribution in [-0.2, 0) is 36.8 Å². The number of nitrogens with zero attached hydrogens (tertiary/aromatic N) is 4. The molecule has 0 radical (unpaired) electrons. The second-order valence-electron chi connectivity index (χ2n) is 5.66. The van der Waals surface area contributed by atoms with E-state index >= 15 is 0 Å². The van der Waals surface area contributed by atoms with Gasteiger partial charge in [0, 0.05) is 12.0 Å². The first kappa shape index (κ1) is 23.3. The minimum absolute atomic E-state index is 0.148. The molecule has 9 nitrogen and oxygen atoms in total. The maximum absolute atomic E-state index is 9.86. The molecular formula is C17H29N5O4. The van der Waals surface area contributed by atoms with Gasteiger partial charge in [0.15, 0.2) is 0 Å². The number of carboxylic acids is 2. The smallest absolute Gasteiger partial charge is 0.243 e. The number of hydrogen-bond acceptors (Lipinski definition) is 5. The Kier molecular flexibility index (Phi) is 11.3. The molecule has 0 aromatic carbocycles. The molecule has 2 heterocycles. The van der Waals surface area contributed by atoms with E-state index in [1.807, 2.05) is 35.6 Å². The van der Waals surface area contributed by atoms with Crippen molar-refractivity contribution in [3.05, 3.63) is 37.4 Å². The van der Waals surface area contributed by atoms with Crippen molar-refractivity contribution in [1.29, 1.82) is 0 Å². The number of nitrogens with two attached hydrogens (primary N) is 1. The van der Waals surface area contributed by atoms with Crippen LogP contribution in [0.2, 0.25) is 0 Å². The molecule has 146 valence electrons. The molecule has 0 spiro atoms. The van der Waals surface area contributed by atoms with Gasteiger partial charge in [0.05, 0.1) is 33.2 Å². The zero-order valence-corrected chi connectivity index (χ0v) is 15.9. The van der Waals surface area contributed by atoms with Gasteiger partial charge in [-0.3, -0.25) is 0 Å². The van der Waals surface area contributed by atoms with Gasteiger partial charge < -0.3 is 25.5 Å². The Hall–Kier alpha value is -2.68. The molecule has 2 aromatic rings. The summed E-state index contributed by atoms with van der Waals surface area (Å²) in [6, 6.07) is -1.21. The van der Waals surface area contributed by atoms with Crippen LogP contribution in [0.1, 0.15) is 26.7 Å². The second kappa shape index (κ2) is 12.6. The second-order valence-corrected chi connectivity index (χ2v) is 5.66. The van der Waals surface area contributed by atoms with Gasteiger partial charge in [-0.1, -0.05) is 0 Å². The summed E-state index contributed by atoms with van der Waals surface area (Å²) in [5.74, 6) is -2.75. The number of imidazole rings is 2. The molecule has 0 fully saturated rings. The highest BCUT2D eigenvalue weighted by Crippen LogP contribution is 1.90. The van der Waals surface area contributed by atoms with E-state index in [1.54, 1.807) is 0 Å². The Morgan fingerprint density at radius 3 is 1.62 bits per heavy atom. The first-order valence-corrected chi connectivity index (χ1v) is 8.37. The van der Waals surface area contributed by atoms with E-state index in [1.165, 1.54) is 0 Å². The van der Waals surface area contributed by atoms with Crippen molar-refractivity contribution >= 4 is 11.9 Å². The molecule has 1 atom stereocenters. The molecule has 0 saturated carbocycles. The number of carbonyl (C=O) groups is 2. The van der Waals surface area contributed by atoms with Gasteiger partial charge in [0.2, 0.25) is 12.7 Å². The van der Waals surface area contributed by atoms with E-state index in [4.69, 9.17) is 5.73 Å². The molecule has 0 aliphatic rings. The Morgan fingerprint density at radius 1 is 1.00 bits per heavy atom. The highest BCUT2D eigenvalue weighted by atomic mass is 16.4. The maximum atomic E-state index is 9.86. The monoisotopic (exact) mass is 367 g/mol. The maximum Gasteiger partial charge on any atom is 0.243 e. The van der Waals surface area contributed by atoms with E-state index < -0.39 is 18.0 Å². The van der Waals surface area contributed by atoms with Gasteiger partial charge in [-0.2, -0.15) is 0 Å². The lowest BCUT2D eigenvalue weighted by atomic mass is 10.2. The van der Waals surface area contributed by atoms with Gasteiger partial charge in [0.25, 0.3) is 0 Å². The van der Waals surface area contributed by atoms with Crippen LogP contribution in [-0.4, -0.2) is 27.1 Å². The quantitative estimate of drug-likeness (QED) is 0.555. The number of carboxylic acid groups (broad SMARTS) is 2. The third-order valence-electron chi connectivity index (χ3n) is 3.34. The van der Waals surface area contributed by atoms with Crippen LogP contribution in [0.3, 0.4) is 0 Å². The average molecular weight is 367 g/mol. The minimum atomic E-state index is -1.44. The summed E-state index contributed by atoms with van der Waals surface area (Å²) in [6.07, 6.45) is 11.8. The van der Waals surface area contributed by atoms with Crippen molar-refractivity contribution in [1.82, 2.24) is 9.13 Å². The van der Waals surface area contributed by atoms with Crippen LogP contribution in [0, 0.1) is 0 Å². The first-order valence-electron chi connectivity index (χ1n) is 8.37. The van der Waals surface area contributed by atoms with Crippen LogP contribution in [0.25, 0.3) is 0 Å². The largest absolute Gasteiger partial charge is 0.550 e. The Morgan fingerprint density at radius 2 is 1.42 bits per heavy atom. The predicted octanol–water partition coefficient (Wildman–Crippen LogP) is -2.74. The SMILES string of the molecule is CC[n+]1ccn(C)c1.CC[n+]1ccn(C)c1.NC(CCC(=O)[O-])C(=O)[O-]. The van der Waals surface area contributed by atoms with Gasteiger partial charge >= 0.3 is 0 Å². The van der Waals surface area contributed by atoms with Gasteiger partial charge in [-0.15, -0.1) is 0 Å². The van der Waals surface area contributed by atoms with E-state index in [0.717, 1.165) is 13.1 Å². The van der Waals surface area contributed by atoms with Crippen LogP contribution in [0.5, 0.6) is 0 Å². The summed E-state index contributed by atoms with van der Waals surface area (Å²) in [5, 5.41) is 19.6. The summed E-state index contributed by atoms with van der Waals surface area (Å²) in [4.78, 5) is 19.6. The highest BCUT2D eigenvalue weighted by Gasteiger charge is 2.01. The third-order valence-corrected chi connectivity index (χ3v) is 3.34. The lowest BCUT2D eigenvalue weighted by molar-refractivity contribution is -0.693. The molecule has 0 saturated heterocycles. The topological polar surface area (TPSA) is 124 Å². The summed E-state index contributed by atoms with van der Waals surface area (Å²) in [6.45, 7) is 6.36. The average Bonchev–Trinajstić information content (AvgIpc) is 3.21. The Labute approximate surface area is 153 Å². The summed E-state index contributed by atoms with van der Waals surface area (Å²) in [5.41, 5.74) is 4.91. The van der Waals surface area contributed by atoms with Gasteiger partial charge in [-0.05, 0) is 26.7 Å². The number of aromatic nitrogens is 4. The lowest BCUT2D eigenvalue weighted by Gasteiger charge is -2.11. The standard InChI is InChI=1S/2C6H11N2.C5H9NO4/c2*1-3-8-5-4-7(2)6-8;6-3(5(9)10)1-2-4(7)8/h2*4-6H,3H2,1-2H3;3H,1-2,6H2,(H,7,8)(H,9,10)/q2*+1;/p-2. The van der Waals surface area contributed by atoms with Crippen molar-refractivity contribution in [2.75, 3.05) is 0 Å². The number of aryl methyl sites for hydroxylation is 4. The fourth-order valence-corrected chi connectivity index (χ4v) is 1.77. The molecule has 2 rings (SSSR count). The predicted molar refractivity (Wildman–Crippen MR) is 89.8 cm³/mol. The molecule has 0 amide bonds. The van der Waals surface area contributed by atoms with Crippen molar-refractivity contribution in [2.24, 2.45) is 19.8 Å². The normalized spacial score (nSPS) is 10.8. The van der Waals surface area contributed by atoms with Crippen LogP contribution < -0.4 is 25.1 Å². The van der Waals surface area contributed by atoms with Crippen LogP contribution in [0.4, 0.5) is 0 Å². The first-order chi connectivity index (χ1) is 12.2. The van der Waals surface area contributed by atoms with Crippen molar-refractivity contribution < 1.29 is 28.9 Å². The minimum Gasteiger partial charge on any atom is -0.550 e. The van der Waals surface area contributed by atoms with E-state index in [-0.39, 0.29) is 12.8 Å². The third kappa shape index (κ3) is 11.0. The highest BCUT2D eigenvalue weighted by molar-refractivity contribution is 5.72. The number of aliphatic carboxylic acids is 2. The summed E-state index contributed by atoms with van der Waals surface area (Å²) >= 11 is 0. The summed E-state index contributed by atoms with van der Waals surface area (Å²) in [7, 11) is 4.04. The fraction of sp³-hybridized carbons (Fsp3) is 0.529. The van der Waals surface area contributed by atoms with Crippen LogP contribution >= 0.6 is 0 Å². The number of rotatable bonds is 6. The molecule has 2 N–H and O–H groups in total. The lowest BCUT2D eigenvalue weighted by Crippen LogP contribution is -2.42. The molecule has 2 aromatic heterocycles. The molecular weight excluding hydrogens is 338 g/mol. The van der Waals surface area contributed by atoms with E-state index in [2.05, 4.69) is 48.0 Å². The fourth-order valence-electron chi connectivity index (χ4n) is 1.77.